The number of nitrogens with zero attached hydrogens (tertiary/aromatic N) is 1. The highest BCUT2D eigenvalue weighted by atomic mass is 16.3. The number of carbonyl (C=O) groups is 1. The van der Waals surface area contributed by atoms with E-state index < -0.39 is 17.4 Å². The number of hydrogen-bond acceptors (Lipinski definition) is 4. The summed E-state index contributed by atoms with van der Waals surface area (Å²) >= 11 is 0. The van der Waals surface area contributed by atoms with Gasteiger partial charge in [-0.1, -0.05) is 0 Å². The Bertz CT molecular complexity index is 390. The van der Waals surface area contributed by atoms with Crippen LogP contribution in [0.1, 0.15) is 25.6 Å². The number of carbonyl (C=O) groups excluding carboxylic acids is 1. The van der Waals surface area contributed by atoms with E-state index in [1.165, 1.54) is 20.1 Å². The molecule has 16 heavy (non-hydrogen) atoms. The fourth-order valence-electron chi connectivity index (χ4n) is 1.09. The lowest BCUT2D eigenvalue weighted by Crippen LogP contribution is -2.39. The second-order valence-corrected chi connectivity index (χ2v) is 3.96. The van der Waals surface area contributed by atoms with Gasteiger partial charge in [-0.15, -0.1) is 0 Å². The van der Waals surface area contributed by atoms with E-state index in [0.717, 1.165) is 0 Å². The molecule has 1 atom stereocenters. The van der Waals surface area contributed by atoms with Crippen molar-refractivity contribution in [2.75, 3.05) is 6.61 Å². The molecule has 1 unspecified atom stereocenters. The molecule has 0 saturated heterocycles. The van der Waals surface area contributed by atoms with Crippen molar-refractivity contribution >= 4 is 5.91 Å². The minimum atomic E-state index is -1.12. The lowest BCUT2D eigenvalue weighted by molar-refractivity contribution is -0.128. The highest BCUT2D eigenvalue weighted by Crippen LogP contribution is 2.18. The van der Waals surface area contributed by atoms with Gasteiger partial charge in [0.2, 0.25) is 5.91 Å². The lowest BCUT2D eigenvalue weighted by atomic mass is 9.94. The molecule has 0 aromatic carbocycles. The van der Waals surface area contributed by atoms with Crippen LogP contribution < -0.4 is 5.32 Å². The topological polar surface area (TPSA) is 86.3 Å². The summed E-state index contributed by atoms with van der Waals surface area (Å²) in [5.74, 6) is 0.0232. The first-order chi connectivity index (χ1) is 7.51. The van der Waals surface area contributed by atoms with E-state index in [2.05, 4.69) is 5.32 Å². The van der Waals surface area contributed by atoms with Gasteiger partial charge >= 0.3 is 0 Å². The van der Waals surface area contributed by atoms with Crippen LogP contribution in [0.25, 0.3) is 0 Å². The van der Waals surface area contributed by atoms with Crippen LogP contribution in [0.5, 0.6) is 0 Å². The normalized spacial score (nSPS) is 12.9. The van der Waals surface area contributed by atoms with Crippen molar-refractivity contribution in [3.8, 4) is 6.07 Å². The molecule has 1 amide bonds. The summed E-state index contributed by atoms with van der Waals surface area (Å²) in [4.78, 5) is 11.7. The van der Waals surface area contributed by atoms with Crippen molar-refractivity contribution in [1.29, 1.82) is 5.26 Å². The van der Waals surface area contributed by atoms with Gasteiger partial charge in [0.05, 0.1) is 18.9 Å². The zero-order valence-electron chi connectivity index (χ0n) is 9.23. The van der Waals surface area contributed by atoms with Gasteiger partial charge in [-0.2, -0.15) is 5.26 Å². The van der Waals surface area contributed by atoms with Crippen molar-refractivity contribution in [2.45, 2.75) is 19.9 Å². The van der Waals surface area contributed by atoms with Crippen molar-refractivity contribution in [1.82, 2.24) is 5.32 Å². The summed E-state index contributed by atoms with van der Waals surface area (Å²) in [5.41, 5.74) is -1.12. The predicted molar refractivity (Wildman–Crippen MR) is 56.1 cm³/mol. The van der Waals surface area contributed by atoms with Crippen molar-refractivity contribution in [3.63, 3.8) is 0 Å². The van der Waals surface area contributed by atoms with Crippen LogP contribution in [0.2, 0.25) is 0 Å². The molecular weight excluding hydrogens is 208 g/mol. The van der Waals surface area contributed by atoms with E-state index in [1.807, 2.05) is 6.07 Å². The summed E-state index contributed by atoms with van der Waals surface area (Å²) < 4.78 is 5.08. The average molecular weight is 222 g/mol. The van der Waals surface area contributed by atoms with Crippen LogP contribution in [-0.4, -0.2) is 17.6 Å². The predicted octanol–water partition coefficient (Wildman–Crippen LogP) is 0.979. The first-order valence-corrected chi connectivity index (χ1v) is 4.87. The molecule has 0 saturated carbocycles. The van der Waals surface area contributed by atoms with E-state index in [4.69, 9.17) is 14.8 Å². The van der Waals surface area contributed by atoms with Crippen LogP contribution in [0.15, 0.2) is 22.8 Å². The summed E-state index contributed by atoms with van der Waals surface area (Å²) in [5, 5.41) is 20.5. The number of furan rings is 1. The molecule has 2 N–H and O–H groups in total. The fourth-order valence-corrected chi connectivity index (χ4v) is 1.09. The van der Waals surface area contributed by atoms with Gasteiger partial charge in [0.15, 0.2) is 0 Å². The van der Waals surface area contributed by atoms with Crippen LogP contribution in [0.3, 0.4) is 0 Å². The minimum absolute atomic E-state index is 0.277. The monoisotopic (exact) mass is 222 g/mol. The molecule has 0 aliphatic rings. The first-order valence-electron chi connectivity index (χ1n) is 4.87. The second kappa shape index (κ2) is 4.81. The van der Waals surface area contributed by atoms with Gasteiger partial charge in [0, 0.05) is 0 Å². The number of hydrogen-bond donors (Lipinski definition) is 2. The Morgan fingerprint density at radius 1 is 1.75 bits per heavy atom. The highest BCUT2D eigenvalue weighted by molar-refractivity contribution is 5.84. The van der Waals surface area contributed by atoms with Gasteiger partial charge in [-0.3, -0.25) is 4.79 Å². The molecule has 0 fully saturated rings. The maximum absolute atomic E-state index is 11.7. The average Bonchev–Trinajstić information content (AvgIpc) is 2.78. The molecule has 5 nitrogen and oxygen atoms in total. The molecule has 0 aliphatic carbocycles. The number of aliphatic hydroxyl groups is 1. The number of nitriles is 1. The number of aliphatic hydroxyl groups excluding tert-OH is 1. The molecule has 0 aliphatic heterocycles. The Morgan fingerprint density at radius 2 is 2.44 bits per heavy atom. The molecular formula is C11H14N2O3. The van der Waals surface area contributed by atoms with E-state index >= 15 is 0 Å². The van der Waals surface area contributed by atoms with Crippen LogP contribution in [0.4, 0.5) is 0 Å². The molecule has 1 heterocycles. The summed E-state index contributed by atoms with van der Waals surface area (Å²) in [6.45, 7) is 2.75. The maximum atomic E-state index is 11.7. The molecule has 0 radical (unpaired) electrons. The quantitative estimate of drug-likeness (QED) is 0.795. The Kier molecular flexibility index (Phi) is 3.69. The third kappa shape index (κ3) is 2.61. The van der Waals surface area contributed by atoms with E-state index in [9.17, 15) is 4.79 Å². The number of nitrogens with one attached hydrogen (secondary N) is 1. The fraction of sp³-hybridized carbons (Fsp3) is 0.455. The molecule has 1 aromatic heterocycles. The second-order valence-electron chi connectivity index (χ2n) is 3.96. The molecule has 1 aromatic rings. The Balaban J connectivity index is 2.73. The SMILES string of the molecule is CC(C)(C#N)C(=O)NC(CO)c1ccco1. The van der Waals surface area contributed by atoms with Gasteiger partial charge in [-0.05, 0) is 26.0 Å². The van der Waals surface area contributed by atoms with Crippen LogP contribution in [-0.2, 0) is 4.79 Å². The summed E-state index contributed by atoms with van der Waals surface area (Å²) in [6.07, 6.45) is 1.46. The highest BCUT2D eigenvalue weighted by Gasteiger charge is 2.29. The van der Waals surface area contributed by atoms with Crippen LogP contribution >= 0.6 is 0 Å². The van der Waals surface area contributed by atoms with E-state index in [1.54, 1.807) is 12.1 Å². The van der Waals surface area contributed by atoms with Gasteiger partial charge in [0.25, 0.3) is 0 Å². The molecule has 0 bridgehead atoms. The Hall–Kier alpha value is -1.80. The third-order valence-corrected chi connectivity index (χ3v) is 2.22. The lowest BCUT2D eigenvalue weighted by Gasteiger charge is -2.19. The maximum Gasteiger partial charge on any atom is 0.240 e. The zero-order valence-corrected chi connectivity index (χ0v) is 9.23. The van der Waals surface area contributed by atoms with E-state index in [0.29, 0.717) is 5.76 Å². The van der Waals surface area contributed by atoms with Crippen molar-refractivity contribution in [3.05, 3.63) is 24.2 Å². The number of rotatable bonds is 4. The number of amides is 1. The van der Waals surface area contributed by atoms with Gasteiger partial charge in [-0.25, -0.2) is 0 Å². The third-order valence-electron chi connectivity index (χ3n) is 2.22. The Morgan fingerprint density at radius 3 is 2.88 bits per heavy atom. The Labute approximate surface area is 93.7 Å². The smallest absolute Gasteiger partial charge is 0.240 e. The molecule has 86 valence electrons. The zero-order chi connectivity index (χ0) is 12.2. The van der Waals surface area contributed by atoms with Crippen LogP contribution in [0, 0.1) is 16.7 Å². The van der Waals surface area contributed by atoms with Gasteiger partial charge < -0.3 is 14.8 Å². The van der Waals surface area contributed by atoms with Gasteiger partial charge in [0.1, 0.15) is 17.2 Å². The standard InChI is InChI=1S/C11H14N2O3/c1-11(2,7-12)10(15)13-8(6-14)9-4-3-5-16-9/h3-5,8,14H,6H2,1-2H3,(H,13,15). The minimum Gasteiger partial charge on any atom is -0.467 e. The van der Waals surface area contributed by atoms with Crippen molar-refractivity contribution in [2.24, 2.45) is 5.41 Å². The first kappa shape index (κ1) is 12.3. The summed E-state index contributed by atoms with van der Waals surface area (Å²) in [7, 11) is 0. The largest absolute Gasteiger partial charge is 0.467 e. The molecule has 1 rings (SSSR count). The van der Waals surface area contributed by atoms with E-state index in [-0.39, 0.29) is 6.61 Å². The van der Waals surface area contributed by atoms with Crippen molar-refractivity contribution < 1.29 is 14.3 Å². The summed E-state index contributed by atoms with van der Waals surface area (Å²) in [6, 6.07) is 4.60. The molecule has 0 spiro atoms. The molecule has 5 heteroatoms.